The molecule has 36 heavy (non-hydrogen) atoms. The van der Waals surface area contributed by atoms with Crippen molar-refractivity contribution in [3.8, 4) is 16.9 Å². The lowest BCUT2D eigenvalue weighted by Gasteiger charge is -2.26. The Hall–Kier alpha value is -3.89. The maximum atomic E-state index is 13.9. The van der Waals surface area contributed by atoms with Crippen molar-refractivity contribution in [3.05, 3.63) is 102 Å². The molecule has 1 fully saturated rings. The SMILES string of the molecule is O=C(c1cccc(CCN2CCCCC2)c1)c1oc2cc(O)ccc2c1-c1cccc2ccccc12. The lowest BCUT2D eigenvalue weighted by Crippen LogP contribution is -2.31. The first-order valence-corrected chi connectivity index (χ1v) is 12.8. The number of furan rings is 1. The fourth-order valence-electron chi connectivity index (χ4n) is 5.43. The molecule has 1 aromatic heterocycles. The molecule has 5 aromatic rings. The molecule has 1 saturated heterocycles. The highest BCUT2D eigenvalue weighted by molar-refractivity contribution is 6.18. The average Bonchev–Trinajstić information content (AvgIpc) is 3.30. The van der Waals surface area contributed by atoms with Crippen LogP contribution in [0.4, 0.5) is 0 Å². The van der Waals surface area contributed by atoms with Crippen LogP contribution in [-0.4, -0.2) is 35.4 Å². The monoisotopic (exact) mass is 475 g/mol. The second-order valence-corrected chi connectivity index (χ2v) is 9.70. The van der Waals surface area contributed by atoms with Gasteiger partial charge < -0.3 is 14.4 Å². The zero-order chi connectivity index (χ0) is 24.5. The molecule has 1 aliphatic rings. The van der Waals surface area contributed by atoms with Gasteiger partial charge in [-0.2, -0.15) is 0 Å². The van der Waals surface area contributed by atoms with Crippen LogP contribution in [0.15, 0.2) is 89.3 Å². The first-order chi connectivity index (χ1) is 17.7. The fourth-order valence-corrected chi connectivity index (χ4v) is 5.43. The van der Waals surface area contributed by atoms with Crippen molar-refractivity contribution >= 4 is 27.5 Å². The predicted octanol–water partition coefficient (Wildman–Crippen LogP) is 7.22. The molecular formula is C32H29NO3. The van der Waals surface area contributed by atoms with Gasteiger partial charge in [-0.3, -0.25) is 4.79 Å². The summed E-state index contributed by atoms with van der Waals surface area (Å²) in [7, 11) is 0. The van der Waals surface area contributed by atoms with Crippen molar-refractivity contribution < 1.29 is 14.3 Å². The quantitative estimate of drug-likeness (QED) is 0.264. The third-order valence-corrected chi connectivity index (χ3v) is 7.29. The molecule has 4 nitrogen and oxygen atoms in total. The van der Waals surface area contributed by atoms with Gasteiger partial charge in [-0.25, -0.2) is 0 Å². The van der Waals surface area contributed by atoms with Crippen LogP contribution >= 0.6 is 0 Å². The standard InChI is InChI=1S/C32H29NO3/c34-25-14-15-28-29(21-25)36-32(30(28)27-13-7-10-23-9-2-3-12-26(23)27)31(35)24-11-6-8-22(20-24)16-19-33-17-4-1-5-18-33/h2-3,6-15,20-21,34H,1,4-5,16-19H2. The van der Waals surface area contributed by atoms with Crippen LogP contribution < -0.4 is 0 Å². The third kappa shape index (κ3) is 4.29. The summed E-state index contributed by atoms with van der Waals surface area (Å²) in [5.74, 6) is 0.271. The number of phenolic OH excluding ortho intramolecular Hbond substituents is 1. The summed E-state index contributed by atoms with van der Waals surface area (Å²) in [6.07, 6.45) is 4.80. The van der Waals surface area contributed by atoms with E-state index in [1.54, 1.807) is 12.1 Å². The van der Waals surface area contributed by atoms with Crippen molar-refractivity contribution in [2.45, 2.75) is 25.7 Å². The smallest absolute Gasteiger partial charge is 0.228 e. The minimum absolute atomic E-state index is 0.111. The van der Waals surface area contributed by atoms with E-state index in [0.29, 0.717) is 16.9 Å². The zero-order valence-electron chi connectivity index (χ0n) is 20.2. The van der Waals surface area contributed by atoms with E-state index in [1.807, 2.05) is 48.5 Å². The number of nitrogens with zero attached hydrogens (tertiary/aromatic N) is 1. The number of ketones is 1. The van der Waals surface area contributed by atoms with E-state index in [0.717, 1.165) is 45.8 Å². The minimum Gasteiger partial charge on any atom is -0.508 e. The molecule has 0 radical (unpaired) electrons. The van der Waals surface area contributed by atoms with Crippen LogP contribution in [0.1, 0.15) is 40.9 Å². The summed E-state index contributed by atoms with van der Waals surface area (Å²) >= 11 is 0. The number of hydrogen-bond donors (Lipinski definition) is 1. The van der Waals surface area contributed by atoms with Crippen LogP contribution in [0.3, 0.4) is 0 Å². The van der Waals surface area contributed by atoms with Crippen molar-refractivity contribution in [1.29, 1.82) is 0 Å². The Balaban J connectivity index is 1.42. The van der Waals surface area contributed by atoms with Gasteiger partial charge in [-0.15, -0.1) is 0 Å². The maximum Gasteiger partial charge on any atom is 0.228 e. The second kappa shape index (κ2) is 9.63. The highest BCUT2D eigenvalue weighted by atomic mass is 16.3. The Bertz CT molecular complexity index is 1550. The molecule has 180 valence electrons. The Labute approximate surface area is 210 Å². The number of benzene rings is 4. The minimum atomic E-state index is -0.145. The normalized spacial score (nSPS) is 14.4. The Morgan fingerprint density at radius 3 is 2.53 bits per heavy atom. The van der Waals surface area contributed by atoms with Gasteiger partial charge in [-0.05, 0) is 72.5 Å². The molecule has 1 aliphatic heterocycles. The van der Waals surface area contributed by atoms with E-state index in [-0.39, 0.29) is 11.5 Å². The molecule has 2 heterocycles. The molecule has 1 N–H and O–H groups in total. The summed E-state index contributed by atoms with van der Waals surface area (Å²) in [6.45, 7) is 3.35. The number of likely N-dealkylation sites (tertiary alicyclic amines) is 1. The summed E-state index contributed by atoms with van der Waals surface area (Å²) in [4.78, 5) is 16.4. The Kier molecular flexibility index (Phi) is 6.04. The largest absolute Gasteiger partial charge is 0.508 e. The topological polar surface area (TPSA) is 53.7 Å². The number of phenols is 1. The van der Waals surface area contributed by atoms with Crippen LogP contribution in [0.2, 0.25) is 0 Å². The van der Waals surface area contributed by atoms with Gasteiger partial charge in [0.1, 0.15) is 11.3 Å². The fraction of sp³-hybridized carbons (Fsp3) is 0.219. The van der Waals surface area contributed by atoms with Gasteiger partial charge in [-0.1, -0.05) is 67.1 Å². The number of rotatable bonds is 6. The third-order valence-electron chi connectivity index (χ3n) is 7.29. The van der Waals surface area contributed by atoms with Gasteiger partial charge >= 0.3 is 0 Å². The van der Waals surface area contributed by atoms with Gasteiger partial charge in [0, 0.05) is 29.1 Å². The zero-order valence-corrected chi connectivity index (χ0v) is 20.2. The number of carbonyl (C=O) groups is 1. The van der Waals surface area contributed by atoms with Crippen LogP contribution in [-0.2, 0) is 6.42 Å². The predicted molar refractivity (Wildman–Crippen MR) is 145 cm³/mol. The lowest BCUT2D eigenvalue weighted by molar-refractivity contribution is 0.101. The molecule has 0 spiro atoms. The van der Waals surface area contributed by atoms with E-state index in [4.69, 9.17) is 4.42 Å². The summed E-state index contributed by atoms with van der Waals surface area (Å²) in [5.41, 5.74) is 4.00. The summed E-state index contributed by atoms with van der Waals surface area (Å²) in [6, 6.07) is 27.3. The number of piperidine rings is 1. The molecule has 6 rings (SSSR count). The van der Waals surface area contributed by atoms with E-state index >= 15 is 0 Å². The average molecular weight is 476 g/mol. The molecule has 0 saturated carbocycles. The van der Waals surface area contributed by atoms with Crippen molar-refractivity contribution in [1.82, 2.24) is 4.90 Å². The van der Waals surface area contributed by atoms with Crippen molar-refractivity contribution in [3.63, 3.8) is 0 Å². The van der Waals surface area contributed by atoms with Crippen molar-refractivity contribution in [2.75, 3.05) is 19.6 Å². The molecule has 0 bridgehead atoms. The molecule has 0 unspecified atom stereocenters. The van der Waals surface area contributed by atoms with Crippen LogP contribution in [0, 0.1) is 0 Å². The number of hydrogen-bond acceptors (Lipinski definition) is 4. The van der Waals surface area contributed by atoms with E-state index < -0.39 is 0 Å². The molecule has 0 aliphatic carbocycles. The van der Waals surface area contributed by atoms with E-state index in [2.05, 4.69) is 29.2 Å². The Morgan fingerprint density at radius 1 is 0.833 bits per heavy atom. The molecule has 0 atom stereocenters. The number of carbonyl (C=O) groups excluding carboxylic acids is 1. The maximum absolute atomic E-state index is 13.9. The molecule has 0 amide bonds. The van der Waals surface area contributed by atoms with Crippen LogP contribution in [0.25, 0.3) is 32.9 Å². The van der Waals surface area contributed by atoms with Crippen molar-refractivity contribution in [2.24, 2.45) is 0 Å². The van der Waals surface area contributed by atoms with Gasteiger partial charge in [0.15, 0.2) is 5.76 Å². The van der Waals surface area contributed by atoms with Crippen LogP contribution in [0.5, 0.6) is 5.75 Å². The van der Waals surface area contributed by atoms with Gasteiger partial charge in [0.2, 0.25) is 5.78 Å². The highest BCUT2D eigenvalue weighted by Crippen LogP contribution is 2.40. The lowest BCUT2D eigenvalue weighted by atomic mass is 9.93. The molecule has 4 aromatic carbocycles. The highest BCUT2D eigenvalue weighted by Gasteiger charge is 2.25. The molecule has 4 heteroatoms. The van der Waals surface area contributed by atoms with Gasteiger partial charge in [0.05, 0.1) is 0 Å². The van der Waals surface area contributed by atoms with E-state index in [9.17, 15) is 9.90 Å². The summed E-state index contributed by atoms with van der Waals surface area (Å²) in [5, 5.41) is 13.1. The first kappa shape index (κ1) is 22.6. The molecular weight excluding hydrogens is 446 g/mol. The number of aromatic hydroxyl groups is 1. The van der Waals surface area contributed by atoms with E-state index in [1.165, 1.54) is 32.4 Å². The first-order valence-electron chi connectivity index (χ1n) is 12.8. The number of fused-ring (bicyclic) bond motifs is 2. The Morgan fingerprint density at radius 2 is 1.64 bits per heavy atom. The van der Waals surface area contributed by atoms with Gasteiger partial charge in [0.25, 0.3) is 0 Å². The summed E-state index contributed by atoms with van der Waals surface area (Å²) < 4.78 is 6.18. The second-order valence-electron chi connectivity index (χ2n) is 9.70.